The zero-order chi connectivity index (χ0) is 17.9. The lowest BCUT2D eigenvalue weighted by Crippen LogP contribution is -2.30. The van der Waals surface area contributed by atoms with Gasteiger partial charge in [-0.05, 0) is 44.4 Å². The topological polar surface area (TPSA) is 81.4 Å². The Morgan fingerprint density at radius 1 is 1.12 bits per heavy atom. The van der Waals surface area contributed by atoms with Gasteiger partial charge < -0.3 is 14.6 Å². The van der Waals surface area contributed by atoms with Gasteiger partial charge in [0.05, 0.1) is 5.69 Å². The van der Waals surface area contributed by atoms with Crippen LogP contribution in [0.3, 0.4) is 0 Å². The van der Waals surface area contributed by atoms with Crippen molar-refractivity contribution in [3.05, 3.63) is 46.8 Å². The maximum absolute atomic E-state index is 12.2. The van der Waals surface area contributed by atoms with Gasteiger partial charge in [-0.1, -0.05) is 31.1 Å². The van der Waals surface area contributed by atoms with Crippen molar-refractivity contribution in [1.29, 1.82) is 0 Å². The minimum atomic E-state index is -0.934. The van der Waals surface area contributed by atoms with Crippen LogP contribution in [0.5, 0.6) is 0 Å². The van der Waals surface area contributed by atoms with Crippen LogP contribution in [0.1, 0.15) is 54.1 Å². The molecule has 6 heteroatoms. The molecule has 0 saturated carbocycles. The smallest absolute Gasteiger partial charge is 0.344 e. The molecule has 0 spiro atoms. The average molecular weight is 330 g/mol. The summed E-state index contributed by atoms with van der Waals surface area (Å²) in [4.78, 5) is 24.3. The number of carbonyl (C=O) groups excluding carboxylic acids is 2. The molecular weight excluding hydrogens is 308 g/mol. The van der Waals surface area contributed by atoms with Crippen LogP contribution in [-0.4, -0.2) is 23.1 Å². The molecule has 0 bridgehead atoms. The lowest BCUT2D eigenvalue weighted by atomic mass is 10.0. The molecule has 24 heavy (non-hydrogen) atoms. The number of carbonyl (C=O) groups is 2. The molecule has 2 aromatic rings. The lowest BCUT2D eigenvalue weighted by molar-refractivity contribution is -0.123. The zero-order valence-corrected chi connectivity index (χ0v) is 14.5. The Morgan fingerprint density at radius 3 is 2.25 bits per heavy atom. The summed E-state index contributed by atoms with van der Waals surface area (Å²) in [6.07, 6.45) is -0.934. The monoisotopic (exact) mass is 330 g/mol. The molecule has 0 aliphatic heterocycles. The molecule has 2 rings (SSSR count). The number of aryl methyl sites for hydroxylation is 2. The van der Waals surface area contributed by atoms with Gasteiger partial charge in [0.25, 0.3) is 5.91 Å². The van der Waals surface area contributed by atoms with E-state index in [4.69, 9.17) is 9.26 Å². The number of rotatable bonds is 5. The third-order valence-corrected chi connectivity index (χ3v) is 3.74. The number of hydrogen-bond donors (Lipinski definition) is 1. The molecule has 1 atom stereocenters. The third kappa shape index (κ3) is 4.01. The standard InChI is InChI=1S/C18H22N2O4/c1-10(2)14-6-8-15(9-7-14)19-17(21)13(5)23-18(22)16-11(3)20-24-12(16)4/h6-10,13H,1-5H3,(H,19,21)/t13-/m0/s1. The van der Waals surface area contributed by atoms with Crippen molar-refractivity contribution in [2.75, 3.05) is 5.32 Å². The highest BCUT2D eigenvalue weighted by Crippen LogP contribution is 2.18. The van der Waals surface area contributed by atoms with Crippen LogP contribution >= 0.6 is 0 Å². The summed E-state index contributed by atoms with van der Waals surface area (Å²) >= 11 is 0. The van der Waals surface area contributed by atoms with Crippen LogP contribution in [0.25, 0.3) is 0 Å². The predicted octanol–water partition coefficient (Wildman–Crippen LogP) is 3.60. The highest BCUT2D eigenvalue weighted by Gasteiger charge is 2.24. The second-order valence-corrected chi connectivity index (χ2v) is 6.01. The van der Waals surface area contributed by atoms with E-state index in [0.717, 1.165) is 0 Å². The summed E-state index contributed by atoms with van der Waals surface area (Å²) in [6, 6.07) is 7.58. The first-order valence-corrected chi connectivity index (χ1v) is 7.84. The van der Waals surface area contributed by atoms with Gasteiger partial charge in [-0.2, -0.15) is 0 Å². The largest absolute Gasteiger partial charge is 0.449 e. The average Bonchev–Trinajstić information content (AvgIpc) is 2.86. The summed E-state index contributed by atoms with van der Waals surface area (Å²) < 4.78 is 10.1. The van der Waals surface area contributed by atoms with Crippen LogP contribution in [0, 0.1) is 13.8 Å². The van der Waals surface area contributed by atoms with Crippen molar-refractivity contribution < 1.29 is 18.8 Å². The first kappa shape index (κ1) is 17.7. The maximum Gasteiger partial charge on any atom is 0.344 e. The Balaban J connectivity index is 1.98. The molecule has 0 fully saturated rings. The Labute approximate surface area is 141 Å². The van der Waals surface area contributed by atoms with Crippen molar-refractivity contribution in [2.45, 2.75) is 46.6 Å². The van der Waals surface area contributed by atoms with Gasteiger partial charge >= 0.3 is 5.97 Å². The van der Waals surface area contributed by atoms with E-state index < -0.39 is 18.0 Å². The minimum absolute atomic E-state index is 0.260. The quantitative estimate of drug-likeness (QED) is 0.847. The van der Waals surface area contributed by atoms with Crippen LogP contribution in [0.15, 0.2) is 28.8 Å². The van der Waals surface area contributed by atoms with Gasteiger partial charge in [0.15, 0.2) is 6.10 Å². The van der Waals surface area contributed by atoms with Crippen molar-refractivity contribution in [3.8, 4) is 0 Å². The van der Waals surface area contributed by atoms with Crippen LogP contribution in [-0.2, 0) is 9.53 Å². The second kappa shape index (κ2) is 7.29. The van der Waals surface area contributed by atoms with E-state index in [-0.39, 0.29) is 5.56 Å². The van der Waals surface area contributed by atoms with E-state index in [0.29, 0.717) is 23.1 Å². The van der Waals surface area contributed by atoms with Gasteiger partial charge in [0.2, 0.25) is 0 Å². The van der Waals surface area contributed by atoms with Gasteiger partial charge in [-0.25, -0.2) is 4.79 Å². The van der Waals surface area contributed by atoms with E-state index in [9.17, 15) is 9.59 Å². The second-order valence-electron chi connectivity index (χ2n) is 6.01. The molecular formula is C18H22N2O4. The number of benzene rings is 1. The molecule has 1 aromatic carbocycles. The summed E-state index contributed by atoms with van der Waals surface area (Å²) in [6.45, 7) is 8.99. The highest BCUT2D eigenvalue weighted by molar-refractivity contribution is 5.97. The van der Waals surface area contributed by atoms with Gasteiger partial charge in [0, 0.05) is 5.69 Å². The van der Waals surface area contributed by atoms with Crippen LogP contribution in [0.4, 0.5) is 5.69 Å². The van der Waals surface area contributed by atoms with Gasteiger partial charge in [-0.15, -0.1) is 0 Å². The third-order valence-electron chi connectivity index (χ3n) is 3.74. The molecule has 1 aromatic heterocycles. The number of amides is 1. The first-order valence-electron chi connectivity index (χ1n) is 7.84. The Kier molecular flexibility index (Phi) is 5.39. The van der Waals surface area contributed by atoms with Crippen LogP contribution < -0.4 is 5.32 Å². The summed E-state index contributed by atoms with van der Waals surface area (Å²) in [5, 5.41) is 6.44. The number of nitrogens with one attached hydrogen (secondary N) is 1. The van der Waals surface area contributed by atoms with E-state index in [1.165, 1.54) is 12.5 Å². The van der Waals surface area contributed by atoms with E-state index in [2.05, 4.69) is 24.3 Å². The summed E-state index contributed by atoms with van der Waals surface area (Å²) in [7, 11) is 0. The van der Waals surface area contributed by atoms with E-state index >= 15 is 0 Å². The Bertz CT molecular complexity index is 712. The lowest BCUT2D eigenvalue weighted by Gasteiger charge is -2.14. The van der Waals surface area contributed by atoms with Gasteiger partial charge in [0.1, 0.15) is 11.3 Å². The number of nitrogens with zero attached hydrogens (tertiary/aromatic N) is 1. The Hall–Kier alpha value is -2.63. The van der Waals surface area contributed by atoms with Crippen molar-refractivity contribution >= 4 is 17.6 Å². The zero-order valence-electron chi connectivity index (χ0n) is 14.5. The van der Waals surface area contributed by atoms with E-state index in [1.54, 1.807) is 13.8 Å². The predicted molar refractivity (Wildman–Crippen MR) is 90.0 cm³/mol. The molecule has 1 heterocycles. The molecule has 0 aliphatic carbocycles. The molecule has 0 saturated heterocycles. The molecule has 6 nitrogen and oxygen atoms in total. The number of ether oxygens (including phenoxy) is 1. The highest BCUT2D eigenvalue weighted by atomic mass is 16.5. The molecule has 0 radical (unpaired) electrons. The fourth-order valence-corrected chi connectivity index (χ4v) is 2.24. The normalized spacial score (nSPS) is 12.1. The molecule has 0 aliphatic rings. The summed E-state index contributed by atoms with van der Waals surface area (Å²) in [5.41, 5.74) is 2.54. The minimum Gasteiger partial charge on any atom is -0.449 e. The van der Waals surface area contributed by atoms with Crippen molar-refractivity contribution in [1.82, 2.24) is 5.16 Å². The fourth-order valence-electron chi connectivity index (χ4n) is 2.24. The van der Waals surface area contributed by atoms with Crippen molar-refractivity contribution in [2.24, 2.45) is 0 Å². The molecule has 1 N–H and O–H groups in total. The van der Waals surface area contributed by atoms with Gasteiger partial charge in [-0.3, -0.25) is 4.79 Å². The molecule has 128 valence electrons. The number of esters is 1. The summed E-state index contributed by atoms with van der Waals surface area (Å²) in [5.74, 6) is -0.226. The molecule has 0 unspecified atom stereocenters. The SMILES string of the molecule is Cc1noc(C)c1C(=O)O[C@@H](C)C(=O)Nc1ccc(C(C)C)cc1. The maximum atomic E-state index is 12.2. The van der Waals surface area contributed by atoms with Crippen LogP contribution in [0.2, 0.25) is 0 Å². The number of aromatic nitrogens is 1. The number of hydrogen-bond acceptors (Lipinski definition) is 5. The molecule has 1 amide bonds. The Morgan fingerprint density at radius 2 is 1.75 bits per heavy atom. The fraction of sp³-hybridized carbons (Fsp3) is 0.389. The van der Waals surface area contributed by atoms with E-state index in [1.807, 2.05) is 24.3 Å². The number of anilines is 1. The van der Waals surface area contributed by atoms with Crippen molar-refractivity contribution in [3.63, 3.8) is 0 Å². The first-order chi connectivity index (χ1) is 11.3.